The third kappa shape index (κ3) is 2.57. The summed E-state index contributed by atoms with van der Waals surface area (Å²) in [6, 6.07) is 3.77. The van der Waals surface area contributed by atoms with Gasteiger partial charge in [-0.15, -0.1) is 6.42 Å². The Kier molecular flexibility index (Phi) is 4.02. The summed E-state index contributed by atoms with van der Waals surface area (Å²) in [5.74, 6) is 3.04. The van der Waals surface area contributed by atoms with Crippen LogP contribution >= 0.6 is 11.6 Å². The number of carbonyl (C=O) groups excluding carboxylic acids is 1. The van der Waals surface area contributed by atoms with Crippen LogP contribution in [0, 0.1) is 12.3 Å². The summed E-state index contributed by atoms with van der Waals surface area (Å²) in [5.41, 5.74) is 3.61. The van der Waals surface area contributed by atoms with Gasteiger partial charge in [-0.2, -0.15) is 0 Å². The standard InChI is InChI=1S/C19H15ClN4O2/c1-3-11-4-5-13-14-10-24(7-6-15(14)23-17(13)16(11)20)19(25)18-21-8-12(26-2)9-22-18/h1,4-5,8-9,23H,6-7,10H2,2H3. The number of methoxy groups -OCH3 is 1. The Morgan fingerprint density at radius 2 is 2.15 bits per heavy atom. The van der Waals surface area contributed by atoms with Crippen molar-refractivity contribution in [1.29, 1.82) is 0 Å². The molecule has 0 spiro atoms. The molecule has 0 aliphatic carbocycles. The molecule has 1 N–H and O–H groups in total. The molecule has 1 amide bonds. The summed E-state index contributed by atoms with van der Waals surface area (Å²) < 4.78 is 5.03. The van der Waals surface area contributed by atoms with Crippen molar-refractivity contribution < 1.29 is 9.53 Å². The summed E-state index contributed by atoms with van der Waals surface area (Å²) >= 11 is 6.40. The van der Waals surface area contributed by atoms with Crippen molar-refractivity contribution in [3.8, 4) is 18.1 Å². The molecule has 6 nitrogen and oxygen atoms in total. The van der Waals surface area contributed by atoms with Gasteiger partial charge in [-0.05, 0) is 6.07 Å². The number of ether oxygens (including phenoxy) is 1. The summed E-state index contributed by atoms with van der Waals surface area (Å²) in [5, 5.41) is 1.52. The Morgan fingerprint density at radius 3 is 2.85 bits per heavy atom. The number of carbonyl (C=O) groups is 1. The molecule has 130 valence electrons. The molecule has 3 heterocycles. The Morgan fingerprint density at radius 1 is 1.38 bits per heavy atom. The molecular formula is C19H15ClN4O2. The van der Waals surface area contributed by atoms with Gasteiger partial charge in [-0.25, -0.2) is 9.97 Å². The second kappa shape index (κ2) is 6.36. The molecule has 0 unspecified atom stereocenters. The highest BCUT2D eigenvalue weighted by Crippen LogP contribution is 2.33. The fourth-order valence-corrected chi connectivity index (χ4v) is 3.47. The molecule has 26 heavy (non-hydrogen) atoms. The number of amides is 1. The van der Waals surface area contributed by atoms with Crippen molar-refractivity contribution in [3.63, 3.8) is 0 Å². The largest absolute Gasteiger partial charge is 0.494 e. The number of nitrogens with one attached hydrogen (secondary N) is 1. The van der Waals surface area contributed by atoms with Gasteiger partial charge in [0.2, 0.25) is 5.82 Å². The van der Waals surface area contributed by atoms with Crippen LogP contribution in [0.2, 0.25) is 5.02 Å². The molecular weight excluding hydrogens is 352 g/mol. The van der Waals surface area contributed by atoms with Crippen LogP contribution in [0.3, 0.4) is 0 Å². The van der Waals surface area contributed by atoms with Crippen molar-refractivity contribution >= 4 is 28.4 Å². The average Bonchev–Trinajstić information content (AvgIpc) is 3.06. The fraction of sp³-hybridized carbons (Fsp3) is 0.211. The Bertz CT molecular complexity index is 1050. The first-order chi connectivity index (χ1) is 12.6. The van der Waals surface area contributed by atoms with Crippen LogP contribution in [0.25, 0.3) is 10.9 Å². The van der Waals surface area contributed by atoms with E-state index in [0.29, 0.717) is 35.8 Å². The molecule has 1 aromatic carbocycles. The topological polar surface area (TPSA) is 71.1 Å². The molecule has 4 rings (SSSR count). The molecule has 1 aliphatic rings. The Labute approximate surface area is 155 Å². The van der Waals surface area contributed by atoms with Gasteiger partial charge in [0.1, 0.15) is 0 Å². The first-order valence-corrected chi connectivity index (χ1v) is 8.44. The van der Waals surface area contributed by atoms with E-state index in [1.54, 1.807) is 4.90 Å². The van der Waals surface area contributed by atoms with Crippen LogP contribution in [0.15, 0.2) is 24.5 Å². The van der Waals surface area contributed by atoms with Crippen molar-refractivity contribution in [2.45, 2.75) is 13.0 Å². The third-order valence-corrected chi connectivity index (χ3v) is 4.98. The maximum Gasteiger partial charge on any atom is 0.291 e. The van der Waals surface area contributed by atoms with Gasteiger partial charge in [0, 0.05) is 41.7 Å². The fourth-order valence-electron chi connectivity index (χ4n) is 3.21. The number of aromatic amines is 1. The lowest BCUT2D eigenvalue weighted by molar-refractivity contribution is 0.0722. The van der Waals surface area contributed by atoms with E-state index >= 15 is 0 Å². The lowest BCUT2D eigenvalue weighted by atomic mass is 10.0. The molecule has 0 radical (unpaired) electrons. The zero-order chi connectivity index (χ0) is 18.3. The molecule has 0 bridgehead atoms. The van der Waals surface area contributed by atoms with Crippen LogP contribution in [0.1, 0.15) is 27.4 Å². The van der Waals surface area contributed by atoms with Crippen LogP contribution in [0.5, 0.6) is 5.75 Å². The second-order valence-electron chi connectivity index (χ2n) is 6.00. The van der Waals surface area contributed by atoms with Gasteiger partial charge >= 0.3 is 0 Å². The number of terminal acetylenes is 1. The molecule has 1 aliphatic heterocycles. The maximum atomic E-state index is 12.7. The number of fused-ring (bicyclic) bond motifs is 3. The van der Waals surface area contributed by atoms with Crippen molar-refractivity contribution in [3.05, 3.63) is 52.2 Å². The minimum atomic E-state index is -0.209. The number of nitrogens with zero attached hydrogens (tertiary/aromatic N) is 3. The molecule has 3 aromatic rings. The SMILES string of the molecule is C#Cc1ccc2c3c([nH]c2c1Cl)CCN(C(=O)c1ncc(OC)cn1)C3. The van der Waals surface area contributed by atoms with Crippen molar-refractivity contribution in [1.82, 2.24) is 19.9 Å². The number of H-pyrrole nitrogens is 1. The number of hydrogen-bond acceptors (Lipinski definition) is 4. The van der Waals surface area contributed by atoms with Crippen molar-refractivity contribution in [2.75, 3.05) is 13.7 Å². The van der Waals surface area contributed by atoms with Gasteiger partial charge in [-0.3, -0.25) is 4.79 Å². The van der Waals surface area contributed by atoms with E-state index in [9.17, 15) is 4.79 Å². The summed E-state index contributed by atoms with van der Waals surface area (Å²) in [6.45, 7) is 1.04. The van der Waals surface area contributed by atoms with E-state index in [0.717, 1.165) is 22.2 Å². The van der Waals surface area contributed by atoms with Crippen LogP contribution in [0.4, 0.5) is 0 Å². The van der Waals surface area contributed by atoms with E-state index in [4.69, 9.17) is 22.8 Å². The first-order valence-electron chi connectivity index (χ1n) is 8.06. The summed E-state index contributed by atoms with van der Waals surface area (Å²) in [6.07, 6.45) is 9.17. The lowest BCUT2D eigenvalue weighted by Crippen LogP contribution is -2.36. The van der Waals surface area contributed by atoms with Crippen LogP contribution in [-0.4, -0.2) is 39.4 Å². The zero-order valence-electron chi connectivity index (χ0n) is 14.0. The number of halogens is 1. The number of rotatable bonds is 2. The molecule has 0 atom stereocenters. The monoisotopic (exact) mass is 366 g/mol. The minimum Gasteiger partial charge on any atom is -0.494 e. The van der Waals surface area contributed by atoms with Crippen LogP contribution < -0.4 is 4.74 Å². The highest BCUT2D eigenvalue weighted by molar-refractivity contribution is 6.36. The Hall–Kier alpha value is -3.04. The van der Waals surface area contributed by atoms with Gasteiger partial charge in [0.05, 0.1) is 30.0 Å². The van der Waals surface area contributed by atoms with Gasteiger partial charge in [-0.1, -0.05) is 23.6 Å². The summed E-state index contributed by atoms with van der Waals surface area (Å²) in [7, 11) is 1.53. The van der Waals surface area contributed by atoms with Crippen molar-refractivity contribution in [2.24, 2.45) is 0 Å². The minimum absolute atomic E-state index is 0.154. The average molecular weight is 367 g/mol. The highest BCUT2D eigenvalue weighted by Gasteiger charge is 2.27. The smallest absolute Gasteiger partial charge is 0.291 e. The first kappa shape index (κ1) is 16.4. The zero-order valence-corrected chi connectivity index (χ0v) is 14.8. The quantitative estimate of drug-likeness (QED) is 0.708. The van der Waals surface area contributed by atoms with Crippen LogP contribution in [-0.2, 0) is 13.0 Å². The van der Waals surface area contributed by atoms with E-state index in [1.165, 1.54) is 19.5 Å². The number of hydrogen-bond donors (Lipinski definition) is 1. The molecule has 0 saturated heterocycles. The molecule has 0 fully saturated rings. The predicted octanol–water partition coefficient (Wildman–Crippen LogP) is 2.80. The van der Waals surface area contributed by atoms with Gasteiger partial charge in [0.25, 0.3) is 5.91 Å². The molecule has 7 heteroatoms. The maximum absolute atomic E-state index is 12.7. The van der Waals surface area contributed by atoms with E-state index in [2.05, 4.69) is 20.9 Å². The molecule has 0 saturated carbocycles. The van der Waals surface area contributed by atoms with E-state index < -0.39 is 0 Å². The third-order valence-electron chi connectivity index (χ3n) is 4.59. The normalized spacial score (nSPS) is 13.3. The number of aromatic nitrogens is 3. The van der Waals surface area contributed by atoms with Gasteiger partial charge in [0.15, 0.2) is 5.75 Å². The van der Waals surface area contributed by atoms with E-state index in [-0.39, 0.29) is 11.7 Å². The second-order valence-corrected chi connectivity index (χ2v) is 6.38. The van der Waals surface area contributed by atoms with E-state index in [1.807, 2.05) is 12.1 Å². The van der Waals surface area contributed by atoms with Gasteiger partial charge < -0.3 is 14.6 Å². The lowest BCUT2D eigenvalue weighted by Gasteiger charge is -2.26. The Balaban J connectivity index is 1.66. The molecule has 2 aromatic heterocycles. The number of benzene rings is 1. The highest BCUT2D eigenvalue weighted by atomic mass is 35.5. The summed E-state index contributed by atoms with van der Waals surface area (Å²) in [4.78, 5) is 26.0. The predicted molar refractivity (Wildman–Crippen MR) is 98.3 cm³/mol.